The Hall–Kier alpha value is -1.35. The van der Waals surface area contributed by atoms with E-state index in [4.69, 9.17) is 0 Å². The van der Waals surface area contributed by atoms with Crippen LogP contribution < -0.4 is 4.90 Å². The van der Waals surface area contributed by atoms with Crippen molar-refractivity contribution in [3.63, 3.8) is 0 Å². The number of aldehydes is 1. The van der Waals surface area contributed by atoms with Crippen molar-refractivity contribution in [2.24, 2.45) is 0 Å². The number of benzene rings is 1. The maximum absolute atomic E-state index is 10.8. The highest BCUT2D eigenvalue weighted by molar-refractivity contribution is 5.78. The summed E-state index contributed by atoms with van der Waals surface area (Å²) in [5.74, 6) is 0. The third-order valence-corrected chi connectivity index (χ3v) is 3.94. The van der Waals surface area contributed by atoms with Crippen molar-refractivity contribution < 1.29 is 4.79 Å². The summed E-state index contributed by atoms with van der Waals surface area (Å²) in [4.78, 5) is 15.5. The number of hydrogen-bond donors (Lipinski definition) is 0. The molecule has 1 aliphatic rings. The van der Waals surface area contributed by atoms with Crippen molar-refractivity contribution in [1.82, 2.24) is 4.90 Å². The third-order valence-electron chi connectivity index (χ3n) is 3.94. The minimum atomic E-state index is 0.705. The molecule has 18 heavy (non-hydrogen) atoms. The SMILES string of the molecule is Cc1cc(N2CCC(N(C)C)CC2)ccc1C=O. The molecule has 1 aliphatic heterocycles. The smallest absolute Gasteiger partial charge is 0.150 e. The molecule has 2 rings (SSSR count). The average molecular weight is 246 g/mol. The van der Waals surface area contributed by atoms with Gasteiger partial charge in [0.15, 0.2) is 0 Å². The number of piperidine rings is 1. The summed E-state index contributed by atoms with van der Waals surface area (Å²) in [6.07, 6.45) is 3.35. The summed E-state index contributed by atoms with van der Waals surface area (Å²) in [5, 5.41) is 0. The normalized spacial score (nSPS) is 17.2. The number of rotatable bonds is 3. The molecule has 3 nitrogen and oxygen atoms in total. The van der Waals surface area contributed by atoms with Crippen molar-refractivity contribution in [1.29, 1.82) is 0 Å². The molecule has 0 saturated carbocycles. The van der Waals surface area contributed by atoms with E-state index in [9.17, 15) is 4.79 Å². The molecule has 0 unspecified atom stereocenters. The van der Waals surface area contributed by atoms with Gasteiger partial charge >= 0.3 is 0 Å². The molecule has 3 heteroatoms. The summed E-state index contributed by atoms with van der Waals surface area (Å²) < 4.78 is 0. The second-order valence-corrected chi connectivity index (χ2v) is 5.34. The lowest BCUT2D eigenvalue weighted by atomic mass is 10.0. The van der Waals surface area contributed by atoms with Gasteiger partial charge in [-0.15, -0.1) is 0 Å². The van der Waals surface area contributed by atoms with Gasteiger partial charge in [0, 0.05) is 30.4 Å². The largest absolute Gasteiger partial charge is 0.371 e. The lowest BCUT2D eigenvalue weighted by molar-refractivity contribution is 0.112. The Bertz CT molecular complexity index is 421. The number of carbonyl (C=O) groups is 1. The molecule has 1 heterocycles. The minimum absolute atomic E-state index is 0.705. The zero-order valence-corrected chi connectivity index (χ0v) is 11.5. The first-order valence-corrected chi connectivity index (χ1v) is 6.59. The monoisotopic (exact) mass is 246 g/mol. The van der Waals surface area contributed by atoms with Crippen molar-refractivity contribution in [3.8, 4) is 0 Å². The number of aryl methyl sites for hydroxylation is 1. The van der Waals surface area contributed by atoms with E-state index in [0.29, 0.717) is 6.04 Å². The molecule has 0 aromatic heterocycles. The van der Waals surface area contributed by atoms with Crippen LogP contribution in [0.1, 0.15) is 28.8 Å². The van der Waals surface area contributed by atoms with E-state index in [1.165, 1.54) is 18.5 Å². The Kier molecular flexibility index (Phi) is 4.02. The number of carbonyl (C=O) groups excluding carboxylic acids is 1. The zero-order valence-electron chi connectivity index (χ0n) is 11.5. The molecule has 0 radical (unpaired) electrons. The molecule has 0 bridgehead atoms. The van der Waals surface area contributed by atoms with Gasteiger partial charge in [-0.2, -0.15) is 0 Å². The standard InChI is InChI=1S/C15H22N2O/c1-12-10-15(5-4-13(12)11-18)17-8-6-14(7-9-17)16(2)3/h4-5,10-11,14H,6-9H2,1-3H3. The quantitative estimate of drug-likeness (QED) is 0.765. The van der Waals surface area contributed by atoms with Gasteiger partial charge in [0.2, 0.25) is 0 Å². The van der Waals surface area contributed by atoms with E-state index in [1.54, 1.807) is 0 Å². The molecule has 0 spiro atoms. The van der Waals surface area contributed by atoms with Crippen LogP contribution in [0.3, 0.4) is 0 Å². The fraction of sp³-hybridized carbons (Fsp3) is 0.533. The Morgan fingerprint density at radius 2 is 1.94 bits per heavy atom. The van der Waals surface area contributed by atoms with Crippen LogP contribution in [0.25, 0.3) is 0 Å². The maximum atomic E-state index is 10.8. The van der Waals surface area contributed by atoms with Gasteiger partial charge < -0.3 is 9.80 Å². The number of hydrogen-bond acceptors (Lipinski definition) is 3. The Morgan fingerprint density at radius 1 is 1.28 bits per heavy atom. The van der Waals surface area contributed by atoms with Crippen LogP contribution in [0.15, 0.2) is 18.2 Å². The van der Waals surface area contributed by atoms with E-state index in [0.717, 1.165) is 30.5 Å². The average Bonchev–Trinajstić information content (AvgIpc) is 2.38. The van der Waals surface area contributed by atoms with Gasteiger partial charge in [-0.05, 0) is 57.6 Å². The van der Waals surface area contributed by atoms with E-state index in [2.05, 4.69) is 36.0 Å². The van der Waals surface area contributed by atoms with E-state index >= 15 is 0 Å². The molecule has 0 N–H and O–H groups in total. The molecule has 1 saturated heterocycles. The minimum Gasteiger partial charge on any atom is -0.371 e. The van der Waals surface area contributed by atoms with Crippen LogP contribution >= 0.6 is 0 Å². The van der Waals surface area contributed by atoms with Crippen LogP contribution in [0.5, 0.6) is 0 Å². The van der Waals surface area contributed by atoms with Crippen molar-refractivity contribution in [3.05, 3.63) is 29.3 Å². The first-order chi connectivity index (χ1) is 8.61. The second-order valence-electron chi connectivity index (χ2n) is 5.34. The Morgan fingerprint density at radius 3 is 2.44 bits per heavy atom. The molecule has 0 atom stereocenters. The fourth-order valence-electron chi connectivity index (χ4n) is 2.63. The van der Waals surface area contributed by atoms with Gasteiger partial charge in [0.1, 0.15) is 6.29 Å². The lowest BCUT2D eigenvalue weighted by Gasteiger charge is -2.36. The third kappa shape index (κ3) is 2.72. The predicted molar refractivity (Wildman–Crippen MR) is 75.5 cm³/mol. The van der Waals surface area contributed by atoms with Gasteiger partial charge in [0.05, 0.1) is 0 Å². The molecular weight excluding hydrogens is 224 g/mol. The van der Waals surface area contributed by atoms with Crippen molar-refractivity contribution >= 4 is 12.0 Å². The topological polar surface area (TPSA) is 23.6 Å². The summed E-state index contributed by atoms with van der Waals surface area (Å²) in [6.45, 7) is 4.20. The predicted octanol–water partition coefficient (Wildman–Crippen LogP) is 2.34. The highest BCUT2D eigenvalue weighted by Gasteiger charge is 2.20. The van der Waals surface area contributed by atoms with E-state index in [-0.39, 0.29) is 0 Å². The zero-order chi connectivity index (χ0) is 13.1. The molecule has 1 fully saturated rings. The molecule has 1 aromatic carbocycles. The van der Waals surface area contributed by atoms with Gasteiger partial charge in [-0.25, -0.2) is 0 Å². The van der Waals surface area contributed by atoms with Crippen LogP contribution in [0.4, 0.5) is 5.69 Å². The first kappa shape index (κ1) is 13.1. The fourth-order valence-corrected chi connectivity index (χ4v) is 2.63. The number of anilines is 1. The Labute approximate surface area is 109 Å². The number of nitrogens with zero attached hydrogens (tertiary/aromatic N) is 2. The first-order valence-electron chi connectivity index (χ1n) is 6.59. The Balaban J connectivity index is 2.05. The van der Waals surface area contributed by atoms with Crippen molar-refractivity contribution in [2.75, 3.05) is 32.1 Å². The second kappa shape index (κ2) is 5.53. The lowest BCUT2D eigenvalue weighted by Crippen LogP contribution is -2.42. The summed E-state index contributed by atoms with van der Waals surface area (Å²) in [7, 11) is 4.31. The highest BCUT2D eigenvalue weighted by Crippen LogP contribution is 2.23. The molecule has 0 aliphatic carbocycles. The van der Waals surface area contributed by atoms with Crippen molar-refractivity contribution in [2.45, 2.75) is 25.8 Å². The molecule has 98 valence electrons. The van der Waals surface area contributed by atoms with Crippen LogP contribution in [0, 0.1) is 6.92 Å². The highest BCUT2D eigenvalue weighted by atomic mass is 16.1. The molecule has 0 amide bonds. The van der Waals surface area contributed by atoms with Gasteiger partial charge in [0.25, 0.3) is 0 Å². The van der Waals surface area contributed by atoms with E-state index in [1.807, 2.05) is 13.0 Å². The van der Waals surface area contributed by atoms with Crippen LogP contribution in [0.2, 0.25) is 0 Å². The van der Waals surface area contributed by atoms with Crippen LogP contribution in [-0.4, -0.2) is 44.4 Å². The van der Waals surface area contributed by atoms with Gasteiger partial charge in [-0.3, -0.25) is 4.79 Å². The maximum Gasteiger partial charge on any atom is 0.150 e. The van der Waals surface area contributed by atoms with E-state index < -0.39 is 0 Å². The van der Waals surface area contributed by atoms with Crippen LogP contribution in [-0.2, 0) is 0 Å². The summed E-state index contributed by atoms with van der Waals surface area (Å²) in [5.41, 5.74) is 3.11. The molecule has 1 aromatic rings. The van der Waals surface area contributed by atoms with Gasteiger partial charge in [-0.1, -0.05) is 0 Å². The summed E-state index contributed by atoms with van der Waals surface area (Å²) >= 11 is 0. The summed E-state index contributed by atoms with van der Waals surface area (Å²) in [6, 6.07) is 6.82. The molecular formula is C15H22N2O.